The minimum absolute atomic E-state index is 0.350. The summed E-state index contributed by atoms with van der Waals surface area (Å²) in [6.07, 6.45) is 1.92. The summed E-state index contributed by atoms with van der Waals surface area (Å²) in [7, 11) is 0. The topological polar surface area (TPSA) is 35.5 Å². The second-order valence-corrected chi connectivity index (χ2v) is 6.41. The van der Waals surface area contributed by atoms with E-state index in [9.17, 15) is 5.11 Å². The lowest BCUT2D eigenvalue weighted by atomic mass is 10.0. The number of hydrogen-bond donors (Lipinski definition) is 2. The van der Waals surface area contributed by atoms with Crippen LogP contribution >= 0.6 is 11.6 Å². The number of β-amino-alcohol motifs (C(OH)–C–C–N with tert-alkyl or cyclic N) is 1. The van der Waals surface area contributed by atoms with E-state index in [1.54, 1.807) is 0 Å². The average molecular weight is 297 g/mol. The smallest absolute Gasteiger partial charge is 0.0758 e. The van der Waals surface area contributed by atoms with Crippen LogP contribution in [-0.2, 0) is 0 Å². The standard InChI is InChI=1S/C16H25ClN2O/c1-3-18-15(13-4-6-14(17)7-5-13)8-10-19-11-9-16(2,20)12-19/h4-7,15,18,20H,3,8-12H2,1-2H3. The molecule has 2 N–H and O–H groups in total. The third-order valence-electron chi connectivity index (χ3n) is 3.99. The van der Waals surface area contributed by atoms with Gasteiger partial charge in [0.25, 0.3) is 0 Å². The molecule has 1 fully saturated rings. The van der Waals surface area contributed by atoms with Crippen LogP contribution in [0.4, 0.5) is 0 Å². The van der Waals surface area contributed by atoms with E-state index < -0.39 is 5.60 Å². The lowest BCUT2D eigenvalue weighted by molar-refractivity contribution is 0.0683. The van der Waals surface area contributed by atoms with Gasteiger partial charge in [0, 0.05) is 30.7 Å². The average Bonchev–Trinajstić information content (AvgIpc) is 2.75. The summed E-state index contributed by atoms with van der Waals surface area (Å²) in [6.45, 7) is 7.79. The SMILES string of the molecule is CCNC(CCN1CCC(C)(O)C1)c1ccc(Cl)cc1. The fraction of sp³-hybridized carbons (Fsp3) is 0.625. The molecule has 1 aliphatic heterocycles. The highest BCUT2D eigenvalue weighted by Gasteiger charge is 2.31. The lowest BCUT2D eigenvalue weighted by Gasteiger charge is -2.23. The second-order valence-electron chi connectivity index (χ2n) is 5.97. The molecule has 2 rings (SSSR count). The van der Waals surface area contributed by atoms with E-state index in [2.05, 4.69) is 29.3 Å². The van der Waals surface area contributed by atoms with Gasteiger partial charge in [-0.25, -0.2) is 0 Å². The predicted octanol–water partition coefficient (Wildman–Crippen LogP) is 2.84. The molecule has 2 atom stereocenters. The van der Waals surface area contributed by atoms with E-state index in [1.807, 2.05) is 19.1 Å². The molecule has 20 heavy (non-hydrogen) atoms. The largest absolute Gasteiger partial charge is 0.389 e. The van der Waals surface area contributed by atoms with Crippen LogP contribution < -0.4 is 5.32 Å². The maximum atomic E-state index is 10.0. The van der Waals surface area contributed by atoms with Gasteiger partial charge in [0.05, 0.1) is 5.60 Å². The van der Waals surface area contributed by atoms with Gasteiger partial charge in [-0.2, -0.15) is 0 Å². The fourth-order valence-corrected chi connectivity index (χ4v) is 3.00. The van der Waals surface area contributed by atoms with E-state index in [1.165, 1.54) is 5.56 Å². The minimum Gasteiger partial charge on any atom is -0.389 e. The van der Waals surface area contributed by atoms with Crippen LogP contribution in [0.5, 0.6) is 0 Å². The number of nitrogens with zero attached hydrogens (tertiary/aromatic N) is 1. The van der Waals surface area contributed by atoms with Crippen molar-refractivity contribution in [3.63, 3.8) is 0 Å². The molecule has 2 unspecified atom stereocenters. The second kappa shape index (κ2) is 6.90. The molecule has 0 aliphatic carbocycles. The molecule has 1 aromatic carbocycles. The van der Waals surface area contributed by atoms with Gasteiger partial charge in [-0.1, -0.05) is 30.7 Å². The van der Waals surface area contributed by atoms with Gasteiger partial charge >= 0.3 is 0 Å². The van der Waals surface area contributed by atoms with E-state index >= 15 is 0 Å². The first-order valence-corrected chi connectivity index (χ1v) is 7.81. The predicted molar refractivity (Wildman–Crippen MR) is 84.2 cm³/mol. The third-order valence-corrected chi connectivity index (χ3v) is 4.24. The summed E-state index contributed by atoms with van der Waals surface area (Å²) in [5.41, 5.74) is 0.774. The van der Waals surface area contributed by atoms with Crippen LogP contribution in [-0.4, -0.2) is 41.8 Å². The van der Waals surface area contributed by atoms with Gasteiger partial charge in [0.2, 0.25) is 0 Å². The highest BCUT2D eigenvalue weighted by molar-refractivity contribution is 6.30. The molecule has 0 spiro atoms. The van der Waals surface area contributed by atoms with Crippen LogP contribution in [0.15, 0.2) is 24.3 Å². The van der Waals surface area contributed by atoms with Crippen molar-refractivity contribution in [3.05, 3.63) is 34.9 Å². The molecule has 1 heterocycles. The molecule has 4 heteroatoms. The molecule has 3 nitrogen and oxygen atoms in total. The van der Waals surface area contributed by atoms with Crippen LogP contribution in [0.25, 0.3) is 0 Å². The molecular weight excluding hydrogens is 272 g/mol. The van der Waals surface area contributed by atoms with Gasteiger partial charge in [-0.3, -0.25) is 0 Å². The van der Waals surface area contributed by atoms with Crippen molar-refractivity contribution < 1.29 is 5.11 Å². The Morgan fingerprint density at radius 1 is 1.40 bits per heavy atom. The van der Waals surface area contributed by atoms with Crippen LogP contribution in [0.3, 0.4) is 0 Å². The van der Waals surface area contributed by atoms with E-state index in [0.29, 0.717) is 6.04 Å². The molecule has 1 aliphatic rings. The zero-order valence-electron chi connectivity index (χ0n) is 12.4. The van der Waals surface area contributed by atoms with Gasteiger partial charge < -0.3 is 15.3 Å². The molecular formula is C16H25ClN2O. The molecule has 1 saturated heterocycles. The van der Waals surface area contributed by atoms with Crippen LogP contribution in [0.2, 0.25) is 5.02 Å². The van der Waals surface area contributed by atoms with Crippen LogP contribution in [0, 0.1) is 0 Å². The zero-order chi connectivity index (χ0) is 14.6. The van der Waals surface area contributed by atoms with Crippen molar-refractivity contribution in [2.24, 2.45) is 0 Å². The Hall–Kier alpha value is -0.610. The summed E-state index contributed by atoms with van der Waals surface area (Å²) in [5.74, 6) is 0. The van der Waals surface area contributed by atoms with Crippen molar-refractivity contribution in [2.75, 3.05) is 26.2 Å². The number of hydrogen-bond acceptors (Lipinski definition) is 3. The van der Waals surface area contributed by atoms with Crippen molar-refractivity contribution in [1.82, 2.24) is 10.2 Å². The normalized spacial score (nSPS) is 25.0. The van der Waals surface area contributed by atoms with Crippen molar-refractivity contribution in [1.29, 1.82) is 0 Å². The Morgan fingerprint density at radius 3 is 2.65 bits per heavy atom. The van der Waals surface area contributed by atoms with E-state index in [4.69, 9.17) is 11.6 Å². The maximum absolute atomic E-state index is 10.0. The van der Waals surface area contributed by atoms with Crippen molar-refractivity contribution in [2.45, 2.75) is 38.3 Å². The first-order valence-electron chi connectivity index (χ1n) is 7.44. The number of halogens is 1. The summed E-state index contributed by atoms with van der Waals surface area (Å²) >= 11 is 5.95. The number of aliphatic hydroxyl groups is 1. The third kappa shape index (κ3) is 4.45. The van der Waals surface area contributed by atoms with Gasteiger partial charge in [0.1, 0.15) is 0 Å². The lowest BCUT2D eigenvalue weighted by Crippen LogP contribution is -2.32. The maximum Gasteiger partial charge on any atom is 0.0758 e. The van der Waals surface area contributed by atoms with Gasteiger partial charge in [-0.15, -0.1) is 0 Å². The Bertz CT molecular complexity index is 419. The molecule has 0 amide bonds. The molecule has 0 radical (unpaired) electrons. The first-order chi connectivity index (χ1) is 9.50. The Kier molecular flexibility index (Phi) is 5.44. The zero-order valence-corrected chi connectivity index (χ0v) is 13.2. The van der Waals surface area contributed by atoms with E-state index in [0.717, 1.165) is 44.0 Å². The summed E-state index contributed by atoms with van der Waals surface area (Å²) in [6, 6.07) is 8.43. The molecule has 0 aromatic heterocycles. The Labute approximate surface area is 126 Å². The fourth-order valence-electron chi connectivity index (χ4n) is 2.87. The Morgan fingerprint density at radius 2 is 2.10 bits per heavy atom. The van der Waals surface area contributed by atoms with Crippen molar-refractivity contribution in [3.8, 4) is 0 Å². The molecule has 112 valence electrons. The summed E-state index contributed by atoms with van der Waals surface area (Å²) in [5, 5.41) is 14.3. The molecule has 1 aromatic rings. The number of likely N-dealkylation sites (tertiary alicyclic amines) is 1. The number of rotatable bonds is 6. The minimum atomic E-state index is -0.506. The first kappa shape index (κ1) is 15.8. The quantitative estimate of drug-likeness (QED) is 0.847. The monoisotopic (exact) mass is 296 g/mol. The van der Waals surface area contributed by atoms with E-state index in [-0.39, 0.29) is 0 Å². The molecule has 0 saturated carbocycles. The van der Waals surface area contributed by atoms with Gasteiger partial charge in [-0.05, 0) is 44.0 Å². The highest BCUT2D eigenvalue weighted by Crippen LogP contribution is 2.23. The highest BCUT2D eigenvalue weighted by atomic mass is 35.5. The van der Waals surface area contributed by atoms with Crippen molar-refractivity contribution >= 4 is 11.6 Å². The number of nitrogens with one attached hydrogen (secondary N) is 1. The van der Waals surface area contributed by atoms with Crippen LogP contribution in [0.1, 0.15) is 38.3 Å². The summed E-state index contributed by atoms with van der Waals surface area (Å²) in [4.78, 5) is 2.35. The molecule has 0 bridgehead atoms. The van der Waals surface area contributed by atoms with Gasteiger partial charge in [0.15, 0.2) is 0 Å². The Balaban J connectivity index is 1.91. The summed E-state index contributed by atoms with van der Waals surface area (Å²) < 4.78 is 0. The number of benzene rings is 1.